The SMILES string of the molecule is CCC(N)(CC)C(=O)NCCC1CC1. The molecule has 0 unspecified atom stereocenters. The molecular formula is C11H22N2O. The Labute approximate surface area is 86.4 Å². The molecule has 1 aliphatic carbocycles. The van der Waals surface area contributed by atoms with Gasteiger partial charge in [-0.3, -0.25) is 4.79 Å². The Kier molecular flexibility index (Phi) is 3.93. The van der Waals surface area contributed by atoms with Gasteiger partial charge in [-0.2, -0.15) is 0 Å². The van der Waals surface area contributed by atoms with E-state index in [4.69, 9.17) is 5.73 Å². The van der Waals surface area contributed by atoms with Crippen molar-refractivity contribution in [1.82, 2.24) is 5.32 Å². The fourth-order valence-electron chi connectivity index (χ4n) is 1.54. The van der Waals surface area contributed by atoms with Crippen LogP contribution in [0.4, 0.5) is 0 Å². The minimum absolute atomic E-state index is 0.0168. The second kappa shape index (κ2) is 4.78. The predicted molar refractivity (Wildman–Crippen MR) is 57.9 cm³/mol. The summed E-state index contributed by atoms with van der Waals surface area (Å²) in [5.41, 5.74) is 5.31. The van der Waals surface area contributed by atoms with Gasteiger partial charge in [-0.05, 0) is 25.2 Å². The number of carbonyl (C=O) groups is 1. The van der Waals surface area contributed by atoms with E-state index in [0.717, 1.165) is 18.9 Å². The Bertz CT molecular complexity index is 195. The molecule has 0 radical (unpaired) electrons. The molecule has 3 N–H and O–H groups in total. The number of nitrogens with one attached hydrogen (secondary N) is 1. The highest BCUT2D eigenvalue weighted by atomic mass is 16.2. The van der Waals surface area contributed by atoms with Crippen molar-refractivity contribution in [1.29, 1.82) is 0 Å². The number of rotatable bonds is 6. The molecule has 0 spiro atoms. The Balaban J connectivity index is 2.23. The first-order valence-corrected chi connectivity index (χ1v) is 5.69. The molecule has 0 saturated heterocycles. The van der Waals surface area contributed by atoms with E-state index < -0.39 is 5.54 Å². The van der Waals surface area contributed by atoms with Gasteiger partial charge in [0.15, 0.2) is 0 Å². The van der Waals surface area contributed by atoms with Gasteiger partial charge in [-0.1, -0.05) is 26.7 Å². The third-order valence-electron chi connectivity index (χ3n) is 3.25. The molecule has 3 nitrogen and oxygen atoms in total. The normalized spacial score (nSPS) is 16.8. The molecule has 0 aromatic heterocycles. The minimum Gasteiger partial charge on any atom is -0.354 e. The molecule has 0 aliphatic heterocycles. The molecule has 0 atom stereocenters. The van der Waals surface area contributed by atoms with Gasteiger partial charge in [-0.25, -0.2) is 0 Å². The maximum absolute atomic E-state index is 11.7. The molecule has 3 heteroatoms. The van der Waals surface area contributed by atoms with E-state index >= 15 is 0 Å². The van der Waals surface area contributed by atoms with E-state index in [1.807, 2.05) is 13.8 Å². The first kappa shape index (κ1) is 11.5. The summed E-state index contributed by atoms with van der Waals surface area (Å²) in [7, 11) is 0. The molecule has 0 bridgehead atoms. The number of carbonyl (C=O) groups excluding carboxylic acids is 1. The van der Waals surface area contributed by atoms with E-state index in [-0.39, 0.29) is 5.91 Å². The highest BCUT2D eigenvalue weighted by Gasteiger charge is 2.30. The van der Waals surface area contributed by atoms with Crippen LogP contribution in [0.1, 0.15) is 46.0 Å². The lowest BCUT2D eigenvalue weighted by atomic mass is 9.93. The summed E-state index contributed by atoms with van der Waals surface area (Å²) in [6.45, 7) is 4.72. The van der Waals surface area contributed by atoms with E-state index in [0.29, 0.717) is 12.8 Å². The summed E-state index contributed by atoms with van der Waals surface area (Å²) in [6, 6.07) is 0. The first-order chi connectivity index (χ1) is 6.62. The number of hydrogen-bond acceptors (Lipinski definition) is 2. The molecule has 1 aliphatic rings. The van der Waals surface area contributed by atoms with Crippen LogP contribution < -0.4 is 11.1 Å². The summed E-state index contributed by atoms with van der Waals surface area (Å²) >= 11 is 0. The molecule has 1 amide bonds. The molecular weight excluding hydrogens is 176 g/mol. The van der Waals surface area contributed by atoms with E-state index in [1.54, 1.807) is 0 Å². The smallest absolute Gasteiger partial charge is 0.240 e. The summed E-state index contributed by atoms with van der Waals surface area (Å²) in [6.07, 6.45) is 5.21. The third-order valence-corrected chi connectivity index (χ3v) is 3.25. The summed E-state index contributed by atoms with van der Waals surface area (Å²) in [5.74, 6) is 0.883. The second-order valence-corrected chi connectivity index (χ2v) is 4.35. The minimum atomic E-state index is -0.649. The summed E-state index contributed by atoms with van der Waals surface area (Å²) in [4.78, 5) is 11.7. The van der Waals surface area contributed by atoms with Crippen LogP contribution in [-0.2, 0) is 4.79 Å². The summed E-state index contributed by atoms with van der Waals surface area (Å²) in [5, 5.41) is 2.93. The van der Waals surface area contributed by atoms with Crippen molar-refractivity contribution in [3.05, 3.63) is 0 Å². The fourth-order valence-corrected chi connectivity index (χ4v) is 1.54. The van der Waals surface area contributed by atoms with Crippen LogP contribution in [-0.4, -0.2) is 18.0 Å². The highest BCUT2D eigenvalue weighted by Crippen LogP contribution is 2.31. The lowest BCUT2D eigenvalue weighted by Crippen LogP contribution is -2.53. The highest BCUT2D eigenvalue weighted by molar-refractivity contribution is 5.85. The van der Waals surface area contributed by atoms with Crippen LogP contribution in [0.2, 0.25) is 0 Å². The van der Waals surface area contributed by atoms with Gasteiger partial charge in [0.25, 0.3) is 0 Å². The standard InChI is InChI=1S/C11H22N2O/c1-3-11(12,4-2)10(14)13-8-7-9-5-6-9/h9H,3-8,12H2,1-2H3,(H,13,14). The number of amides is 1. The average Bonchev–Trinajstić information content (AvgIpc) is 3.00. The lowest BCUT2D eigenvalue weighted by molar-refractivity contribution is -0.126. The largest absolute Gasteiger partial charge is 0.354 e. The van der Waals surface area contributed by atoms with Crippen LogP contribution in [0, 0.1) is 5.92 Å². The van der Waals surface area contributed by atoms with Gasteiger partial charge in [0.05, 0.1) is 5.54 Å². The second-order valence-electron chi connectivity index (χ2n) is 4.35. The zero-order valence-corrected chi connectivity index (χ0v) is 9.31. The monoisotopic (exact) mass is 198 g/mol. The predicted octanol–water partition coefficient (Wildman–Crippen LogP) is 1.42. The molecule has 0 aromatic carbocycles. The Morgan fingerprint density at radius 1 is 1.43 bits per heavy atom. The van der Waals surface area contributed by atoms with Crippen molar-refractivity contribution in [3.8, 4) is 0 Å². The van der Waals surface area contributed by atoms with Crippen molar-refractivity contribution >= 4 is 5.91 Å². The van der Waals surface area contributed by atoms with Crippen molar-refractivity contribution in [2.24, 2.45) is 11.7 Å². The van der Waals surface area contributed by atoms with Gasteiger partial charge >= 0.3 is 0 Å². The molecule has 1 rings (SSSR count). The van der Waals surface area contributed by atoms with Gasteiger partial charge in [-0.15, -0.1) is 0 Å². The fraction of sp³-hybridized carbons (Fsp3) is 0.909. The van der Waals surface area contributed by atoms with Gasteiger partial charge < -0.3 is 11.1 Å². The van der Waals surface area contributed by atoms with Crippen molar-refractivity contribution in [2.45, 2.75) is 51.5 Å². The zero-order chi connectivity index (χ0) is 10.6. The Hall–Kier alpha value is -0.570. The molecule has 1 fully saturated rings. The molecule has 0 heterocycles. The van der Waals surface area contributed by atoms with E-state index in [2.05, 4.69) is 5.32 Å². The van der Waals surface area contributed by atoms with Crippen LogP contribution in [0.25, 0.3) is 0 Å². The van der Waals surface area contributed by atoms with Crippen LogP contribution in [0.15, 0.2) is 0 Å². The first-order valence-electron chi connectivity index (χ1n) is 5.69. The van der Waals surface area contributed by atoms with Gasteiger partial charge in [0.1, 0.15) is 0 Å². The van der Waals surface area contributed by atoms with Crippen LogP contribution >= 0.6 is 0 Å². The molecule has 14 heavy (non-hydrogen) atoms. The van der Waals surface area contributed by atoms with Crippen molar-refractivity contribution in [2.75, 3.05) is 6.54 Å². The van der Waals surface area contributed by atoms with Crippen molar-refractivity contribution < 1.29 is 4.79 Å². The topological polar surface area (TPSA) is 55.1 Å². The quantitative estimate of drug-likeness (QED) is 0.678. The maximum Gasteiger partial charge on any atom is 0.240 e. The zero-order valence-electron chi connectivity index (χ0n) is 9.31. The lowest BCUT2D eigenvalue weighted by Gasteiger charge is -2.25. The Morgan fingerprint density at radius 3 is 2.43 bits per heavy atom. The van der Waals surface area contributed by atoms with Crippen LogP contribution in [0.3, 0.4) is 0 Å². The summed E-state index contributed by atoms with van der Waals surface area (Å²) < 4.78 is 0. The number of nitrogens with two attached hydrogens (primary N) is 1. The molecule has 1 saturated carbocycles. The third kappa shape index (κ3) is 2.98. The van der Waals surface area contributed by atoms with Gasteiger partial charge in [0.2, 0.25) is 5.91 Å². The average molecular weight is 198 g/mol. The van der Waals surface area contributed by atoms with E-state index in [1.165, 1.54) is 12.8 Å². The van der Waals surface area contributed by atoms with E-state index in [9.17, 15) is 4.79 Å². The van der Waals surface area contributed by atoms with Crippen molar-refractivity contribution in [3.63, 3.8) is 0 Å². The van der Waals surface area contributed by atoms with Gasteiger partial charge in [0, 0.05) is 6.54 Å². The maximum atomic E-state index is 11.7. The molecule has 82 valence electrons. The Morgan fingerprint density at radius 2 is 2.00 bits per heavy atom. The van der Waals surface area contributed by atoms with Crippen LogP contribution in [0.5, 0.6) is 0 Å². The molecule has 0 aromatic rings. The number of hydrogen-bond donors (Lipinski definition) is 2.